The van der Waals surface area contributed by atoms with Gasteiger partial charge in [0.2, 0.25) is 0 Å². The maximum absolute atomic E-state index is 12.3. The van der Waals surface area contributed by atoms with Crippen molar-refractivity contribution >= 4 is 0 Å². The van der Waals surface area contributed by atoms with Gasteiger partial charge >= 0.3 is 6.18 Å². The average Bonchev–Trinajstić information content (AvgIpc) is 2.15. The van der Waals surface area contributed by atoms with E-state index in [1.54, 1.807) is 0 Å². The number of nitrogens with one attached hydrogen (secondary N) is 1. The Morgan fingerprint density at radius 2 is 1.94 bits per heavy atom. The van der Waals surface area contributed by atoms with E-state index in [0.29, 0.717) is 0 Å². The molecule has 0 aliphatic carbocycles. The van der Waals surface area contributed by atoms with E-state index >= 15 is 0 Å². The Bertz CT molecular complexity index is 437. The summed E-state index contributed by atoms with van der Waals surface area (Å²) in [6.07, 6.45) is -8.46. The number of hydrogen-bond acceptors (Lipinski definition) is 2. The van der Waals surface area contributed by atoms with E-state index in [-0.39, 0.29) is 6.07 Å². The standard InChI is InChI=1S/C8H6F5NO2/c9-6(10)5-4(8(11,12)13)1-3(2-15)7(16)14-5/h1,6,15H,2H2,(H,14,16). The van der Waals surface area contributed by atoms with Gasteiger partial charge in [-0.2, -0.15) is 13.2 Å². The maximum atomic E-state index is 12.3. The van der Waals surface area contributed by atoms with Crippen LogP contribution >= 0.6 is 0 Å². The van der Waals surface area contributed by atoms with Crippen LogP contribution in [0.4, 0.5) is 22.0 Å². The second kappa shape index (κ2) is 4.20. The Morgan fingerprint density at radius 3 is 2.31 bits per heavy atom. The fourth-order valence-electron chi connectivity index (χ4n) is 1.11. The molecule has 0 bridgehead atoms. The highest BCUT2D eigenvalue weighted by Crippen LogP contribution is 2.34. The van der Waals surface area contributed by atoms with Gasteiger partial charge in [-0.05, 0) is 6.07 Å². The third kappa shape index (κ3) is 2.38. The van der Waals surface area contributed by atoms with Crippen LogP contribution in [0, 0.1) is 0 Å². The van der Waals surface area contributed by atoms with Crippen molar-refractivity contribution in [2.45, 2.75) is 19.2 Å². The first kappa shape index (κ1) is 12.6. The van der Waals surface area contributed by atoms with Crippen LogP contribution in [0.3, 0.4) is 0 Å². The summed E-state index contributed by atoms with van der Waals surface area (Å²) < 4.78 is 61.4. The monoisotopic (exact) mass is 243 g/mol. The highest BCUT2D eigenvalue weighted by molar-refractivity contribution is 5.28. The first-order valence-corrected chi connectivity index (χ1v) is 3.99. The first-order valence-electron chi connectivity index (χ1n) is 3.99. The smallest absolute Gasteiger partial charge is 0.391 e. The van der Waals surface area contributed by atoms with Crippen LogP contribution in [0.25, 0.3) is 0 Å². The number of halogens is 5. The molecule has 1 heterocycles. The Kier molecular flexibility index (Phi) is 3.32. The number of pyridine rings is 1. The Morgan fingerprint density at radius 1 is 1.38 bits per heavy atom. The quantitative estimate of drug-likeness (QED) is 0.778. The molecule has 0 aliphatic rings. The Labute approximate surface area is 85.5 Å². The molecule has 0 saturated carbocycles. The van der Waals surface area contributed by atoms with Crippen LogP contribution in [0.1, 0.15) is 23.2 Å². The Balaban J connectivity index is 3.50. The minimum absolute atomic E-state index is 0.223. The zero-order valence-electron chi connectivity index (χ0n) is 7.61. The predicted octanol–water partition coefficient (Wildman–Crippen LogP) is 1.82. The van der Waals surface area contributed by atoms with Crippen LogP contribution in [0.15, 0.2) is 10.9 Å². The summed E-state index contributed by atoms with van der Waals surface area (Å²) in [4.78, 5) is 12.4. The van der Waals surface area contributed by atoms with E-state index in [9.17, 15) is 26.7 Å². The fraction of sp³-hybridized carbons (Fsp3) is 0.375. The van der Waals surface area contributed by atoms with Gasteiger partial charge in [0, 0.05) is 5.56 Å². The molecule has 1 aromatic rings. The van der Waals surface area contributed by atoms with E-state index in [0.717, 1.165) is 0 Å². The molecule has 0 radical (unpaired) electrons. The van der Waals surface area contributed by atoms with Crippen molar-refractivity contribution in [1.82, 2.24) is 4.98 Å². The van der Waals surface area contributed by atoms with Crippen LogP contribution in [-0.4, -0.2) is 10.1 Å². The van der Waals surface area contributed by atoms with Crippen molar-refractivity contribution in [3.63, 3.8) is 0 Å². The number of aliphatic hydroxyl groups excluding tert-OH is 1. The SMILES string of the molecule is O=c1[nH]c(C(F)F)c(C(F)(F)F)cc1CO. The summed E-state index contributed by atoms with van der Waals surface area (Å²) in [5.41, 5.74) is -4.91. The van der Waals surface area contributed by atoms with Crippen LogP contribution in [0.5, 0.6) is 0 Å². The molecule has 0 aliphatic heterocycles. The lowest BCUT2D eigenvalue weighted by Gasteiger charge is -2.12. The highest BCUT2D eigenvalue weighted by Gasteiger charge is 2.37. The molecule has 1 rings (SSSR count). The largest absolute Gasteiger partial charge is 0.418 e. The van der Waals surface area contributed by atoms with E-state index in [1.807, 2.05) is 0 Å². The van der Waals surface area contributed by atoms with Crippen LogP contribution in [0.2, 0.25) is 0 Å². The summed E-state index contributed by atoms with van der Waals surface area (Å²) in [6.45, 7) is -0.956. The summed E-state index contributed by atoms with van der Waals surface area (Å²) in [5, 5.41) is 8.56. The van der Waals surface area contributed by atoms with Gasteiger partial charge in [-0.15, -0.1) is 0 Å². The minimum Gasteiger partial charge on any atom is -0.391 e. The van der Waals surface area contributed by atoms with Crippen molar-refractivity contribution in [3.05, 3.63) is 33.2 Å². The molecule has 1 aromatic heterocycles. The second-order valence-electron chi connectivity index (χ2n) is 2.91. The summed E-state index contributed by atoms with van der Waals surface area (Å²) in [6, 6.07) is 0.223. The molecule has 0 fully saturated rings. The van der Waals surface area contributed by atoms with Gasteiger partial charge < -0.3 is 10.1 Å². The molecule has 0 saturated heterocycles. The van der Waals surface area contributed by atoms with Gasteiger partial charge in [-0.25, -0.2) is 8.78 Å². The van der Waals surface area contributed by atoms with Crippen molar-refractivity contribution in [3.8, 4) is 0 Å². The van der Waals surface area contributed by atoms with Gasteiger partial charge in [0.05, 0.1) is 17.9 Å². The molecule has 0 spiro atoms. The topological polar surface area (TPSA) is 53.1 Å². The van der Waals surface area contributed by atoms with Gasteiger partial charge in [0.1, 0.15) is 0 Å². The first-order chi connectivity index (χ1) is 7.27. The minimum atomic E-state index is -5.01. The average molecular weight is 243 g/mol. The molecule has 0 atom stereocenters. The lowest BCUT2D eigenvalue weighted by Crippen LogP contribution is -2.21. The fourth-order valence-corrected chi connectivity index (χ4v) is 1.11. The lowest BCUT2D eigenvalue weighted by atomic mass is 10.1. The third-order valence-electron chi connectivity index (χ3n) is 1.84. The van der Waals surface area contributed by atoms with Crippen molar-refractivity contribution in [2.24, 2.45) is 0 Å². The van der Waals surface area contributed by atoms with E-state index < -0.39 is 41.6 Å². The van der Waals surface area contributed by atoms with Crippen molar-refractivity contribution in [2.75, 3.05) is 0 Å². The highest BCUT2D eigenvalue weighted by atomic mass is 19.4. The number of aromatic amines is 1. The molecule has 3 nitrogen and oxygen atoms in total. The van der Waals surface area contributed by atoms with Gasteiger partial charge in [0.15, 0.2) is 0 Å². The van der Waals surface area contributed by atoms with E-state index in [1.165, 1.54) is 4.98 Å². The van der Waals surface area contributed by atoms with Crippen LogP contribution < -0.4 is 5.56 Å². The summed E-state index contributed by atoms with van der Waals surface area (Å²) in [5.74, 6) is 0. The number of aliphatic hydroxyl groups is 1. The molecule has 0 amide bonds. The third-order valence-corrected chi connectivity index (χ3v) is 1.84. The summed E-state index contributed by atoms with van der Waals surface area (Å²) in [7, 11) is 0. The molecule has 0 aromatic carbocycles. The maximum Gasteiger partial charge on any atom is 0.418 e. The van der Waals surface area contributed by atoms with Gasteiger partial charge in [0.25, 0.3) is 12.0 Å². The molecule has 8 heteroatoms. The summed E-state index contributed by atoms with van der Waals surface area (Å²) >= 11 is 0. The number of aromatic nitrogens is 1. The zero-order chi connectivity index (χ0) is 12.5. The number of rotatable bonds is 2. The molecular weight excluding hydrogens is 237 g/mol. The number of H-pyrrole nitrogens is 1. The number of alkyl halides is 5. The van der Waals surface area contributed by atoms with E-state index in [2.05, 4.69) is 0 Å². The van der Waals surface area contributed by atoms with Crippen molar-refractivity contribution in [1.29, 1.82) is 0 Å². The van der Waals surface area contributed by atoms with E-state index in [4.69, 9.17) is 5.11 Å². The normalized spacial score (nSPS) is 12.2. The molecule has 90 valence electrons. The number of hydrogen-bond donors (Lipinski definition) is 2. The molecule has 16 heavy (non-hydrogen) atoms. The predicted molar refractivity (Wildman–Crippen MR) is 42.9 cm³/mol. The molecule has 0 unspecified atom stereocenters. The van der Waals surface area contributed by atoms with Crippen molar-refractivity contribution < 1.29 is 27.1 Å². The Hall–Kier alpha value is -1.44. The zero-order valence-corrected chi connectivity index (χ0v) is 7.61. The molecule has 2 N–H and O–H groups in total. The van der Waals surface area contributed by atoms with Crippen LogP contribution in [-0.2, 0) is 12.8 Å². The lowest BCUT2D eigenvalue weighted by molar-refractivity contribution is -0.140. The molecular formula is C8H6F5NO2. The van der Waals surface area contributed by atoms with Gasteiger partial charge in [-0.1, -0.05) is 0 Å². The second-order valence-corrected chi connectivity index (χ2v) is 2.91. The van der Waals surface area contributed by atoms with Gasteiger partial charge in [-0.3, -0.25) is 4.79 Å².